The van der Waals surface area contributed by atoms with Crippen LogP contribution in [0.2, 0.25) is 0 Å². The first-order valence-electron chi connectivity index (χ1n) is 7.74. The number of nitrogens with zero attached hydrogens (tertiary/aromatic N) is 1. The Labute approximate surface area is 140 Å². The minimum atomic E-state index is -0.973. The Bertz CT molecular complexity index is 686. The maximum atomic E-state index is 12.4. The van der Waals surface area contributed by atoms with Gasteiger partial charge in [-0.1, -0.05) is 30.5 Å². The third-order valence-corrected chi connectivity index (χ3v) is 5.13. The van der Waals surface area contributed by atoms with E-state index in [0.717, 1.165) is 17.7 Å². The lowest BCUT2D eigenvalue weighted by Crippen LogP contribution is -2.37. The van der Waals surface area contributed by atoms with Crippen LogP contribution in [0, 0.1) is 5.92 Å². The second-order valence-corrected chi connectivity index (χ2v) is 6.76. The predicted octanol–water partition coefficient (Wildman–Crippen LogP) is 2.18. The summed E-state index contributed by atoms with van der Waals surface area (Å²) in [6.07, 6.45) is 4.55. The Morgan fingerprint density at radius 2 is 2.17 bits per heavy atom. The summed E-state index contributed by atoms with van der Waals surface area (Å²) in [5, 5.41) is 9.26. The van der Waals surface area contributed by atoms with E-state index in [1.807, 2.05) is 18.2 Å². The highest BCUT2D eigenvalue weighted by Gasteiger charge is 2.41. The molecule has 2 aliphatic rings. The van der Waals surface area contributed by atoms with Gasteiger partial charge < -0.3 is 10.8 Å². The second kappa shape index (κ2) is 6.37. The standard InChI is InChI=1S/C17H20N2O3S/c18-13-3-2-11-7-10(8-12(11)9-13)1-4-15(20)14-5-6-19(23)16(14)17(21)22/h2-3,8-9,14,16,23H,1,4-7,18H2,(H,21,22)/t14?,16-/m0/s1. The molecule has 0 aromatic heterocycles. The average Bonchev–Trinajstić information content (AvgIpc) is 3.07. The molecular weight excluding hydrogens is 312 g/mol. The molecular formula is C17H20N2O3S. The molecule has 0 saturated carbocycles. The van der Waals surface area contributed by atoms with Crippen LogP contribution in [0.4, 0.5) is 5.69 Å². The third kappa shape index (κ3) is 3.28. The van der Waals surface area contributed by atoms with Crippen molar-refractivity contribution in [2.45, 2.75) is 31.7 Å². The van der Waals surface area contributed by atoms with Crippen LogP contribution in [-0.2, 0) is 16.0 Å². The zero-order chi connectivity index (χ0) is 16.6. The van der Waals surface area contributed by atoms with Crippen molar-refractivity contribution < 1.29 is 14.7 Å². The topological polar surface area (TPSA) is 83.6 Å². The summed E-state index contributed by atoms with van der Waals surface area (Å²) in [6, 6.07) is 5.05. The summed E-state index contributed by atoms with van der Waals surface area (Å²) in [4.78, 5) is 23.7. The average molecular weight is 332 g/mol. The molecule has 1 aliphatic heterocycles. The van der Waals surface area contributed by atoms with E-state index in [9.17, 15) is 14.7 Å². The zero-order valence-corrected chi connectivity index (χ0v) is 13.6. The maximum Gasteiger partial charge on any atom is 0.322 e. The van der Waals surface area contributed by atoms with Crippen LogP contribution in [0.3, 0.4) is 0 Å². The number of allylic oxidation sites excluding steroid dienone is 1. The van der Waals surface area contributed by atoms with E-state index >= 15 is 0 Å². The molecule has 122 valence electrons. The molecule has 1 fully saturated rings. The van der Waals surface area contributed by atoms with Gasteiger partial charge in [0.2, 0.25) is 0 Å². The summed E-state index contributed by atoms with van der Waals surface area (Å²) in [7, 11) is 0. The van der Waals surface area contributed by atoms with Crippen molar-refractivity contribution in [2.75, 3.05) is 12.3 Å². The number of aliphatic carboxylic acids is 1. The SMILES string of the molecule is Nc1ccc2c(c1)C=C(CCC(=O)C1CCN(S)[C@@H]1C(=O)O)C2. The van der Waals surface area contributed by atoms with Crippen LogP contribution in [0.15, 0.2) is 23.8 Å². The van der Waals surface area contributed by atoms with E-state index in [0.29, 0.717) is 25.8 Å². The van der Waals surface area contributed by atoms with Gasteiger partial charge in [-0.15, -0.1) is 0 Å². The van der Waals surface area contributed by atoms with E-state index < -0.39 is 17.9 Å². The third-order valence-electron chi connectivity index (χ3n) is 4.68. The van der Waals surface area contributed by atoms with Gasteiger partial charge in [0.1, 0.15) is 11.8 Å². The molecule has 6 heteroatoms. The zero-order valence-electron chi connectivity index (χ0n) is 12.7. The van der Waals surface area contributed by atoms with Gasteiger partial charge in [-0.25, -0.2) is 4.31 Å². The first-order chi connectivity index (χ1) is 11.0. The minimum absolute atomic E-state index is 0.0188. The molecule has 1 heterocycles. The number of carboxylic acids is 1. The highest BCUT2D eigenvalue weighted by Crippen LogP contribution is 2.32. The van der Waals surface area contributed by atoms with Gasteiger partial charge in [-0.2, -0.15) is 0 Å². The molecule has 2 atom stereocenters. The quantitative estimate of drug-likeness (QED) is 0.568. The molecule has 0 amide bonds. The molecule has 0 spiro atoms. The number of carbonyl (C=O) groups excluding carboxylic acids is 1. The number of nitrogen functional groups attached to an aromatic ring is 1. The largest absolute Gasteiger partial charge is 0.480 e. The lowest BCUT2D eigenvalue weighted by molar-refractivity contribution is -0.144. The number of benzene rings is 1. The van der Waals surface area contributed by atoms with E-state index in [2.05, 4.69) is 18.9 Å². The van der Waals surface area contributed by atoms with Gasteiger partial charge in [0.25, 0.3) is 0 Å². The van der Waals surface area contributed by atoms with Crippen molar-refractivity contribution >= 4 is 36.3 Å². The first-order valence-corrected chi connectivity index (χ1v) is 8.14. The minimum Gasteiger partial charge on any atom is -0.480 e. The van der Waals surface area contributed by atoms with Gasteiger partial charge >= 0.3 is 5.97 Å². The Balaban J connectivity index is 1.60. The molecule has 1 unspecified atom stereocenters. The van der Waals surface area contributed by atoms with Gasteiger partial charge in [0.05, 0.1) is 0 Å². The molecule has 1 aromatic carbocycles. The fourth-order valence-electron chi connectivity index (χ4n) is 3.47. The van der Waals surface area contributed by atoms with Gasteiger partial charge in [0, 0.05) is 24.6 Å². The number of carboxylic acid groups (broad SMARTS) is 1. The summed E-state index contributed by atoms with van der Waals surface area (Å²) in [6.45, 7) is 0.532. The summed E-state index contributed by atoms with van der Waals surface area (Å²) < 4.78 is 1.46. The van der Waals surface area contributed by atoms with E-state index in [1.54, 1.807) is 0 Å². The van der Waals surface area contributed by atoms with Crippen LogP contribution in [0.25, 0.3) is 6.08 Å². The number of Topliss-reactive ketones (excluding diaryl/α,β-unsaturated/α-hetero) is 1. The van der Waals surface area contributed by atoms with Crippen molar-refractivity contribution in [3.63, 3.8) is 0 Å². The van der Waals surface area contributed by atoms with Gasteiger partial charge in [-0.3, -0.25) is 9.59 Å². The number of carbonyl (C=O) groups is 2. The number of rotatable bonds is 5. The Morgan fingerprint density at radius 3 is 2.91 bits per heavy atom. The lowest BCUT2D eigenvalue weighted by Gasteiger charge is -2.18. The number of ketones is 1. The fourth-order valence-corrected chi connectivity index (χ4v) is 3.84. The van der Waals surface area contributed by atoms with Crippen molar-refractivity contribution in [1.29, 1.82) is 0 Å². The Hall–Kier alpha value is -1.79. The summed E-state index contributed by atoms with van der Waals surface area (Å²) >= 11 is 4.16. The van der Waals surface area contributed by atoms with E-state index in [4.69, 9.17) is 5.73 Å². The molecule has 0 bridgehead atoms. The number of fused-ring (bicyclic) bond motifs is 1. The lowest BCUT2D eigenvalue weighted by atomic mass is 9.91. The smallest absolute Gasteiger partial charge is 0.322 e. The van der Waals surface area contributed by atoms with Crippen molar-refractivity contribution in [3.8, 4) is 0 Å². The highest BCUT2D eigenvalue weighted by molar-refractivity contribution is 7.77. The number of hydrogen-bond acceptors (Lipinski definition) is 5. The van der Waals surface area contributed by atoms with E-state index in [1.165, 1.54) is 15.4 Å². The molecule has 5 nitrogen and oxygen atoms in total. The van der Waals surface area contributed by atoms with Crippen molar-refractivity contribution in [3.05, 3.63) is 34.9 Å². The molecule has 1 saturated heterocycles. The number of thiol groups is 1. The molecule has 0 radical (unpaired) electrons. The summed E-state index contributed by atoms with van der Waals surface area (Å²) in [5.74, 6) is -1.41. The second-order valence-electron chi connectivity index (χ2n) is 6.25. The van der Waals surface area contributed by atoms with E-state index in [-0.39, 0.29) is 5.78 Å². The normalized spacial score (nSPS) is 23.6. The number of hydrogen-bond donors (Lipinski definition) is 3. The van der Waals surface area contributed by atoms with Crippen LogP contribution in [0.5, 0.6) is 0 Å². The van der Waals surface area contributed by atoms with Crippen LogP contribution < -0.4 is 5.73 Å². The fraction of sp³-hybridized carbons (Fsp3) is 0.412. The highest BCUT2D eigenvalue weighted by atomic mass is 32.1. The molecule has 1 aliphatic carbocycles. The van der Waals surface area contributed by atoms with Gasteiger partial charge in [-0.05, 0) is 42.5 Å². The van der Waals surface area contributed by atoms with Crippen LogP contribution in [-0.4, -0.2) is 33.8 Å². The van der Waals surface area contributed by atoms with Crippen LogP contribution in [0.1, 0.15) is 30.4 Å². The summed E-state index contributed by atoms with van der Waals surface area (Å²) in [5.41, 5.74) is 10.1. The monoisotopic (exact) mass is 332 g/mol. The molecule has 23 heavy (non-hydrogen) atoms. The first kappa shape index (κ1) is 16.1. The predicted molar refractivity (Wildman–Crippen MR) is 92.0 cm³/mol. The molecule has 3 N–H and O–H groups in total. The van der Waals surface area contributed by atoms with Gasteiger partial charge in [0.15, 0.2) is 0 Å². The number of nitrogens with two attached hydrogens (primary N) is 1. The molecule has 3 rings (SSSR count). The Kier molecular flexibility index (Phi) is 4.46. The van der Waals surface area contributed by atoms with Crippen molar-refractivity contribution in [2.24, 2.45) is 5.92 Å². The number of anilines is 1. The van der Waals surface area contributed by atoms with Crippen molar-refractivity contribution in [1.82, 2.24) is 4.31 Å². The maximum absolute atomic E-state index is 12.4. The molecule has 1 aromatic rings. The van der Waals surface area contributed by atoms with Crippen LogP contribution >= 0.6 is 12.8 Å². The Morgan fingerprint density at radius 1 is 1.39 bits per heavy atom.